The minimum Gasteiger partial charge on any atom is -0.306 e. The Labute approximate surface area is 155 Å². The van der Waals surface area contributed by atoms with Crippen molar-refractivity contribution in [3.8, 4) is 0 Å². The van der Waals surface area contributed by atoms with Gasteiger partial charge >= 0.3 is 0 Å². The van der Waals surface area contributed by atoms with Gasteiger partial charge in [-0.05, 0) is 33.0 Å². The minimum atomic E-state index is 1.31. The summed E-state index contributed by atoms with van der Waals surface area (Å²) < 4.78 is 0. The minimum absolute atomic E-state index is 1.31. The lowest BCUT2D eigenvalue weighted by molar-refractivity contribution is 0.314. The molecular weight excluding hydrogens is 290 g/mol. The van der Waals surface area contributed by atoms with Crippen molar-refractivity contribution in [2.24, 2.45) is 0 Å². The normalized spacial score (nSPS) is 11.5. The molecule has 0 aliphatic rings. The molecule has 0 fully saturated rings. The van der Waals surface area contributed by atoms with Gasteiger partial charge in [0.05, 0.1) is 0 Å². The summed E-state index contributed by atoms with van der Waals surface area (Å²) in [4.78, 5) is 2.56. The van der Waals surface area contributed by atoms with Crippen molar-refractivity contribution in [3.63, 3.8) is 0 Å². The monoisotopic (exact) mass is 339 g/mol. The molecule has 0 unspecified atom stereocenters. The van der Waals surface area contributed by atoms with Gasteiger partial charge < -0.3 is 4.90 Å². The molecule has 1 nitrogen and oxygen atoms in total. The zero-order chi connectivity index (χ0) is 17.7. The van der Waals surface area contributed by atoms with Crippen LogP contribution in [0.1, 0.15) is 129 Å². The van der Waals surface area contributed by atoms with Crippen LogP contribution in [-0.4, -0.2) is 25.0 Å². The Morgan fingerprint density at radius 2 is 0.625 bits per heavy atom. The molecule has 0 aromatic carbocycles. The predicted octanol–water partition coefficient (Wildman–Crippen LogP) is 7.98. The molecule has 1 heteroatoms. The third kappa shape index (κ3) is 20.0. The molecule has 0 aliphatic heterocycles. The smallest absolute Gasteiger partial charge is 0.00218 e. The molecule has 146 valence electrons. The summed E-state index contributed by atoms with van der Waals surface area (Å²) in [6, 6.07) is 0. The quantitative estimate of drug-likeness (QED) is 0.203. The van der Waals surface area contributed by atoms with Gasteiger partial charge in [0, 0.05) is 0 Å². The van der Waals surface area contributed by atoms with Crippen LogP contribution in [0.4, 0.5) is 0 Å². The first-order valence-electron chi connectivity index (χ1n) is 11.5. The highest BCUT2D eigenvalue weighted by Gasteiger charge is 1.99. The first-order valence-corrected chi connectivity index (χ1v) is 11.5. The van der Waals surface area contributed by atoms with E-state index < -0.39 is 0 Å². The van der Waals surface area contributed by atoms with Gasteiger partial charge in [-0.15, -0.1) is 0 Å². The summed E-state index contributed by atoms with van der Waals surface area (Å²) in [6.45, 7) is 7.22. The summed E-state index contributed by atoms with van der Waals surface area (Å²) in [5.41, 5.74) is 0. The Morgan fingerprint density at radius 3 is 0.917 bits per heavy atom. The largest absolute Gasteiger partial charge is 0.306 e. The van der Waals surface area contributed by atoms with Crippen molar-refractivity contribution < 1.29 is 0 Å². The molecule has 0 N–H and O–H groups in total. The topological polar surface area (TPSA) is 3.24 Å². The number of unbranched alkanes of at least 4 members (excludes halogenated alkanes) is 16. The van der Waals surface area contributed by atoms with Crippen molar-refractivity contribution in [3.05, 3.63) is 0 Å². The van der Waals surface area contributed by atoms with Crippen molar-refractivity contribution in [2.45, 2.75) is 129 Å². The predicted molar refractivity (Wildman–Crippen MR) is 112 cm³/mol. The van der Waals surface area contributed by atoms with E-state index in [0.29, 0.717) is 0 Å². The van der Waals surface area contributed by atoms with Gasteiger partial charge in [0.2, 0.25) is 0 Å². The molecule has 24 heavy (non-hydrogen) atoms. The standard InChI is InChI=1S/C23H49N/c1-4-6-8-10-12-14-15-17-19-21-23-24(3)22-20-18-16-13-11-9-7-5-2/h4-23H2,1-3H3. The highest BCUT2D eigenvalue weighted by Crippen LogP contribution is 2.11. The fraction of sp³-hybridized carbons (Fsp3) is 1.00. The summed E-state index contributed by atoms with van der Waals surface area (Å²) in [6.07, 6.45) is 25.9. The molecule has 0 bridgehead atoms. The zero-order valence-corrected chi connectivity index (χ0v) is 17.6. The van der Waals surface area contributed by atoms with Crippen molar-refractivity contribution >= 4 is 0 Å². The van der Waals surface area contributed by atoms with Gasteiger partial charge in [-0.25, -0.2) is 0 Å². The van der Waals surface area contributed by atoms with Crippen LogP contribution in [-0.2, 0) is 0 Å². The molecule has 0 heterocycles. The number of nitrogens with zero attached hydrogens (tertiary/aromatic N) is 1. The Balaban J connectivity index is 3.11. The van der Waals surface area contributed by atoms with Crippen LogP contribution in [0, 0.1) is 0 Å². The third-order valence-corrected chi connectivity index (χ3v) is 5.29. The second-order valence-corrected chi connectivity index (χ2v) is 7.96. The van der Waals surface area contributed by atoms with Gasteiger partial charge in [-0.3, -0.25) is 0 Å². The van der Waals surface area contributed by atoms with Gasteiger partial charge in [-0.1, -0.05) is 117 Å². The van der Waals surface area contributed by atoms with E-state index in [0.717, 1.165) is 0 Å². The fourth-order valence-corrected chi connectivity index (χ4v) is 3.50. The van der Waals surface area contributed by atoms with Crippen LogP contribution in [0.3, 0.4) is 0 Å². The van der Waals surface area contributed by atoms with Crippen LogP contribution >= 0.6 is 0 Å². The number of hydrogen-bond acceptors (Lipinski definition) is 1. The lowest BCUT2D eigenvalue weighted by Crippen LogP contribution is -2.20. The fourth-order valence-electron chi connectivity index (χ4n) is 3.50. The average molecular weight is 340 g/mol. The van der Waals surface area contributed by atoms with Gasteiger partial charge in [0.1, 0.15) is 0 Å². The first-order chi connectivity index (χ1) is 11.8. The maximum absolute atomic E-state index is 2.56. The highest BCUT2D eigenvalue weighted by atomic mass is 15.1. The summed E-state index contributed by atoms with van der Waals surface area (Å²) in [5.74, 6) is 0. The summed E-state index contributed by atoms with van der Waals surface area (Å²) >= 11 is 0. The van der Waals surface area contributed by atoms with E-state index in [-0.39, 0.29) is 0 Å². The van der Waals surface area contributed by atoms with E-state index in [1.165, 1.54) is 129 Å². The lowest BCUT2D eigenvalue weighted by atomic mass is 10.1. The molecule has 0 aliphatic carbocycles. The SMILES string of the molecule is CCCCCCCCCCCCN(C)CCCCCCCCCC. The van der Waals surface area contributed by atoms with Crippen molar-refractivity contribution in [1.29, 1.82) is 0 Å². The van der Waals surface area contributed by atoms with E-state index in [9.17, 15) is 0 Å². The molecule has 0 spiro atoms. The van der Waals surface area contributed by atoms with Crippen LogP contribution in [0.25, 0.3) is 0 Å². The van der Waals surface area contributed by atoms with Crippen LogP contribution in [0.2, 0.25) is 0 Å². The van der Waals surface area contributed by atoms with Crippen LogP contribution in [0.5, 0.6) is 0 Å². The van der Waals surface area contributed by atoms with Crippen molar-refractivity contribution in [1.82, 2.24) is 4.90 Å². The summed E-state index contributed by atoms with van der Waals surface area (Å²) in [5, 5.41) is 0. The van der Waals surface area contributed by atoms with E-state index in [2.05, 4.69) is 25.8 Å². The average Bonchev–Trinajstić information content (AvgIpc) is 2.59. The molecule has 0 aromatic heterocycles. The van der Waals surface area contributed by atoms with E-state index >= 15 is 0 Å². The zero-order valence-electron chi connectivity index (χ0n) is 17.6. The van der Waals surface area contributed by atoms with E-state index in [1.54, 1.807) is 0 Å². The molecule has 0 saturated heterocycles. The molecule has 0 atom stereocenters. The van der Waals surface area contributed by atoms with E-state index in [1.807, 2.05) is 0 Å². The number of hydrogen-bond donors (Lipinski definition) is 0. The van der Waals surface area contributed by atoms with Crippen LogP contribution < -0.4 is 0 Å². The second-order valence-electron chi connectivity index (χ2n) is 7.96. The number of rotatable bonds is 20. The Morgan fingerprint density at radius 1 is 0.375 bits per heavy atom. The van der Waals surface area contributed by atoms with Crippen LogP contribution in [0.15, 0.2) is 0 Å². The highest BCUT2D eigenvalue weighted by molar-refractivity contribution is 4.55. The molecular formula is C23H49N. The second kappa shape index (κ2) is 21.0. The Kier molecular flexibility index (Phi) is 21.0. The Bertz CT molecular complexity index is 214. The lowest BCUT2D eigenvalue weighted by Gasteiger charge is -2.16. The Hall–Kier alpha value is -0.0400. The molecule has 0 amide bonds. The molecule has 0 rings (SSSR count). The maximum atomic E-state index is 2.56. The van der Waals surface area contributed by atoms with E-state index in [4.69, 9.17) is 0 Å². The molecule has 0 aromatic rings. The molecule has 0 saturated carbocycles. The van der Waals surface area contributed by atoms with Gasteiger partial charge in [0.25, 0.3) is 0 Å². The first kappa shape index (κ1) is 24.0. The van der Waals surface area contributed by atoms with Crippen molar-refractivity contribution in [2.75, 3.05) is 20.1 Å². The molecule has 0 radical (unpaired) electrons. The third-order valence-electron chi connectivity index (χ3n) is 5.29. The van der Waals surface area contributed by atoms with Gasteiger partial charge in [-0.2, -0.15) is 0 Å². The summed E-state index contributed by atoms with van der Waals surface area (Å²) in [7, 11) is 2.31. The maximum Gasteiger partial charge on any atom is -0.00218 e. The van der Waals surface area contributed by atoms with Gasteiger partial charge in [0.15, 0.2) is 0 Å².